The molecular weight excluding hydrogens is 426 g/mol. The van der Waals surface area contributed by atoms with Crippen LogP contribution in [0.1, 0.15) is 26.7 Å². The number of para-hydroxylation sites is 1. The lowest BCUT2D eigenvalue weighted by Gasteiger charge is -2.33. The van der Waals surface area contributed by atoms with Crippen LogP contribution in [0.4, 0.5) is 0 Å². The first-order valence-electron chi connectivity index (χ1n) is 9.75. The number of amides is 1. The Hall–Kier alpha value is -2.27. The molecule has 3 rings (SSSR count). The van der Waals surface area contributed by atoms with Gasteiger partial charge in [-0.2, -0.15) is 0 Å². The molecule has 1 amide bonds. The number of sulfone groups is 1. The molecule has 2 N–H and O–H groups in total. The van der Waals surface area contributed by atoms with Crippen LogP contribution < -0.4 is 10.6 Å². The molecule has 1 aromatic carbocycles. The van der Waals surface area contributed by atoms with Crippen LogP contribution in [0.25, 0.3) is 11.4 Å². The number of carbonyl (C=O) groups excluding carboxylic acids is 1. The summed E-state index contributed by atoms with van der Waals surface area (Å²) in [6.45, 7) is 3.93. The molecule has 1 saturated heterocycles. The predicted molar refractivity (Wildman–Crippen MR) is 117 cm³/mol. The number of ether oxygens (including phenoxy) is 1. The van der Waals surface area contributed by atoms with Gasteiger partial charge in [0.05, 0.1) is 29.9 Å². The van der Waals surface area contributed by atoms with Gasteiger partial charge in [-0.3, -0.25) is 4.79 Å². The first kappa shape index (κ1) is 22.4. The number of methoxy groups -OCH3 is 1. The van der Waals surface area contributed by atoms with E-state index in [1.54, 1.807) is 18.1 Å². The van der Waals surface area contributed by atoms with Crippen LogP contribution in [0.2, 0.25) is 0 Å². The summed E-state index contributed by atoms with van der Waals surface area (Å²) in [4.78, 5) is 14.7. The zero-order valence-corrected chi connectivity index (χ0v) is 18.9. The summed E-state index contributed by atoms with van der Waals surface area (Å²) in [7, 11) is -1.52. The Balaban J connectivity index is 1.74. The molecule has 164 valence electrons. The monoisotopic (exact) mass is 453 g/mol. The minimum atomic E-state index is -3.08. The Morgan fingerprint density at radius 1 is 1.40 bits per heavy atom. The maximum absolute atomic E-state index is 13.0. The van der Waals surface area contributed by atoms with E-state index >= 15 is 0 Å². The predicted octanol–water partition coefficient (Wildman–Crippen LogP) is 1.57. The molecule has 2 heterocycles. The third kappa shape index (κ3) is 4.72. The highest BCUT2D eigenvalue weighted by Gasteiger charge is 2.36. The Labute approximate surface area is 180 Å². The highest BCUT2D eigenvalue weighted by atomic mass is 32.2. The average Bonchev–Trinajstić information content (AvgIpc) is 3.27. The third-order valence-corrected chi connectivity index (χ3v) is 7.97. The molecule has 1 aliphatic rings. The minimum Gasteiger partial charge on any atom is -0.496 e. The van der Waals surface area contributed by atoms with Crippen molar-refractivity contribution in [3.8, 4) is 17.1 Å². The van der Waals surface area contributed by atoms with Gasteiger partial charge in [-0.1, -0.05) is 30.8 Å². The van der Waals surface area contributed by atoms with Gasteiger partial charge in [0, 0.05) is 12.1 Å². The number of nitrogens with two attached hydrogens (primary N) is 1. The number of thioether (sulfide) groups is 1. The molecule has 11 heteroatoms. The molecular formula is C19H27N5O4S2. The Morgan fingerprint density at radius 3 is 2.77 bits per heavy atom. The van der Waals surface area contributed by atoms with E-state index in [1.165, 1.54) is 16.4 Å². The van der Waals surface area contributed by atoms with Gasteiger partial charge < -0.3 is 15.5 Å². The molecule has 0 saturated carbocycles. The van der Waals surface area contributed by atoms with Crippen LogP contribution in [0.15, 0.2) is 29.4 Å². The summed E-state index contributed by atoms with van der Waals surface area (Å²) < 4.78 is 30.5. The fraction of sp³-hybridized carbons (Fsp3) is 0.526. The quantitative estimate of drug-likeness (QED) is 0.472. The number of hydrogen-bond acceptors (Lipinski definition) is 8. The van der Waals surface area contributed by atoms with E-state index in [9.17, 15) is 13.2 Å². The average molecular weight is 454 g/mol. The molecule has 2 aromatic rings. The van der Waals surface area contributed by atoms with Gasteiger partial charge >= 0.3 is 0 Å². The SMILES string of the molecule is CC[C@@H](C)N(C(=O)CSc1nnc(-c2ccccc2OC)n1N)[C@@H]1CCS(=O)(=O)C1. The van der Waals surface area contributed by atoms with Crippen molar-refractivity contribution in [1.82, 2.24) is 19.8 Å². The van der Waals surface area contributed by atoms with E-state index in [0.29, 0.717) is 28.7 Å². The Bertz CT molecular complexity index is 1010. The van der Waals surface area contributed by atoms with Gasteiger partial charge in [0.2, 0.25) is 11.1 Å². The molecule has 1 fully saturated rings. The summed E-state index contributed by atoms with van der Waals surface area (Å²) in [6.07, 6.45) is 1.23. The highest BCUT2D eigenvalue weighted by Crippen LogP contribution is 2.30. The van der Waals surface area contributed by atoms with E-state index in [-0.39, 0.29) is 35.2 Å². The molecule has 0 aliphatic carbocycles. The lowest BCUT2D eigenvalue weighted by molar-refractivity contribution is -0.132. The number of hydrogen-bond donors (Lipinski definition) is 1. The summed E-state index contributed by atoms with van der Waals surface area (Å²) in [6, 6.07) is 7.01. The van der Waals surface area contributed by atoms with Crippen LogP contribution in [-0.2, 0) is 14.6 Å². The number of carbonyl (C=O) groups is 1. The van der Waals surface area contributed by atoms with Crippen molar-refractivity contribution in [2.45, 2.75) is 43.9 Å². The molecule has 30 heavy (non-hydrogen) atoms. The second kappa shape index (κ2) is 9.25. The summed E-state index contributed by atoms with van der Waals surface area (Å²) in [5.41, 5.74) is 0.700. The van der Waals surface area contributed by atoms with Crippen molar-refractivity contribution in [2.75, 3.05) is 30.2 Å². The topological polar surface area (TPSA) is 120 Å². The van der Waals surface area contributed by atoms with Crippen molar-refractivity contribution in [2.24, 2.45) is 0 Å². The first-order chi connectivity index (χ1) is 14.3. The summed E-state index contributed by atoms with van der Waals surface area (Å²) in [5.74, 6) is 7.36. The van der Waals surface area contributed by atoms with Gasteiger partial charge in [-0.05, 0) is 31.9 Å². The fourth-order valence-electron chi connectivity index (χ4n) is 3.59. The third-order valence-electron chi connectivity index (χ3n) is 5.29. The summed E-state index contributed by atoms with van der Waals surface area (Å²) >= 11 is 1.18. The molecule has 1 aromatic heterocycles. The van der Waals surface area contributed by atoms with E-state index < -0.39 is 9.84 Å². The van der Waals surface area contributed by atoms with E-state index in [1.807, 2.05) is 32.0 Å². The van der Waals surface area contributed by atoms with Gasteiger partial charge in [0.15, 0.2) is 15.7 Å². The lowest BCUT2D eigenvalue weighted by atomic mass is 10.1. The maximum Gasteiger partial charge on any atom is 0.233 e. The molecule has 0 bridgehead atoms. The number of nitrogens with zero attached hydrogens (tertiary/aromatic N) is 4. The normalized spacial score (nSPS) is 18.8. The second-order valence-corrected chi connectivity index (χ2v) is 10.5. The van der Waals surface area contributed by atoms with Crippen molar-refractivity contribution in [1.29, 1.82) is 0 Å². The van der Waals surface area contributed by atoms with Crippen molar-refractivity contribution in [3.05, 3.63) is 24.3 Å². The first-order valence-corrected chi connectivity index (χ1v) is 12.6. The second-order valence-electron chi connectivity index (χ2n) is 7.28. The van der Waals surface area contributed by atoms with Crippen LogP contribution in [-0.4, -0.2) is 70.6 Å². The highest BCUT2D eigenvalue weighted by molar-refractivity contribution is 7.99. The fourth-order valence-corrected chi connectivity index (χ4v) is 6.03. The van der Waals surface area contributed by atoms with E-state index in [2.05, 4.69) is 10.2 Å². The van der Waals surface area contributed by atoms with Gasteiger partial charge in [-0.25, -0.2) is 13.1 Å². The van der Waals surface area contributed by atoms with Gasteiger partial charge in [0.25, 0.3) is 0 Å². The van der Waals surface area contributed by atoms with Crippen molar-refractivity contribution >= 4 is 27.5 Å². The van der Waals surface area contributed by atoms with E-state index in [4.69, 9.17) is 10.6 Å². The molecule has 0 spiro atoms. The molecule has 0 unspecified atom stereocenters. The number of benzene rings is 1. The molecule has 2 atom stereocenters. The molecule has 9 nitrogen and oxygen atoms in total. The minimum absolute atomic E-state index is 0.0266. The summed E-state index contributed by atoms with van der Waals surface area (Å²) in [5, 5.41) is 8.66. The Kier molecular flexibility index (Phi) is 6.91. The number of aromatic nitrogens is 3. The largest absolute Gasteiger partial charge is 0.496 e. The zero-order chi connectivity index (χ0) is 21.9. The van der Waals surface area contributed by atoms with Crippen molar-refractivity contribution < 1.29 is 17.9 Å². The zero-order valence-electron chi connectivity index (χ0n) is 17.3. The molecule has 0 radical (unpaired) electrons. The number of nitrogen functional groups attached to an aromatic ring is 1. The van der Waals surface area contributed by atoms with Gasteiger partial charge in [-0.15, -0.1) is 10.2 Å². The van der Waals surface area contributed by atoms with E-state index in [0.717, 1.165) is 6.42 Å². The standard InChI is InChI=1S/C19H27N5O4S2/c1-4-13(2)23(14-9-10-30(26,27)12-14)17(25)11-29-19-22-21-18(24(19)20)15-7-5-6-8-16(15)28-3/h5-8,13-14H,4,9-12,20H2,1-3H3/t13-,14-/m1/s1. The maximum atomic E-state index is 13.0. The Morgan fingerprint density at radius 2 is 2.13 bits per heavy atom. The van der Waals surface area contributed by atoms with Crippen LogP contribution in [0.3, 0.4) is 0 Å². The molecule has 1 aliphatic heterocycles. The van der Waals surface area contributed by atoms with Crippen LogP contribution in [0, 0.1) is 0 Å². The van der Waals surface area contributed by atoms with Crippen LogP contribution >= 0.6 is 11.8 Å². The lowest BCUT2D eigenvalue weighted by Crippen LogP contribution is -2.47. The number of rotatable bonds is 8. The van der Waals surface area contributed by atoms with Gasteiger partial charge in [0.1, 0.15) is 5.75 Å². The smallest absolute Gasteiger partial charge is 0.233 e. The van der Waals surface area contributed by atoms with Crippen LogP contribution in [0.5, 0.6) is 5.75 Å². The van der Waals surface area contributed by atoms with Crippen molar-refractivity contribution in [3.63, 3.8) is 0 Å².